The van der Waals surface area contributed by atoms with Gasteiger partial charge in [0, 0.05) is 29.9 Å². The third-order valence-electron chi connectivity index (χ3n) is 6.18. The number of pyridine rings is 1. The minimum atomic E-state index is -4.72. The highest BCUT2D eigenvalue weighted by molar-refractivity contribution is 7.89. The van der Waals surface area contributed by atoms with Crippen molar-refractivity contribution in [3.63, 3.8) is 0 Å². The van der Waals surface area contributed by atoms with Crippen molar-refractivity contribution in [1.29, 1.82) is 0 Å². The minimum absolute atomic E-state index is 0.191. The van der Waals surface area contributed by atoms with Crippen molar-refractivity contribution < 1.29 is 39.9 Å². The lowest BCUT2D eigenvalue weighted by molar-refractivity contribution is -0.145. The molecule has 4 rings (SSSR count). The molecule has 9 nitrogen and oxygen atoms in total. The van der Waals surface area contributed by atoms with Crippen LogP contribution in [0.1, 0.15) is 24.9 Å². The number of nitrogens with zero attached hydrogens (tertiary/aromatic N) is 4. The second kappa shape index (κ2) is 10.8. The summed E-state index contributed by atoms with van der Waals surface area (Å²) in [6, 6.07) is 2.87. The molecule has 1 aliphatic rings. The summed E-state index contributed by atoms with van der Waals surface area (Å²) in [6.07, 6.45) is -3.51. The minimum Gasteiger partial charge on any atom is -0.494 e. The van der Waals surface area contributed by atoms with E-state index in [4.69, 9.17) is 4.74 Å². The zero-order valence-corrected chi connectivity index (χ0v) is 21.3. The predicted octanol–water partition coefficient (Wildman–Crippen LogP) is 3.51. The second-order valence-electron chi connectivity index (χ2n) is 8.68. The number of hydrogen-bond donors (Lipinski definition) is 1. The van der Waals surface area contributed by atoms with Gasteiger partial charge in [-0.25, -0.2) is 27.2 Å². The first-order chi connectivity index (χ1) is 18.3. The highest BCUT2D eigenvalue weighted by Gasteiger charge is 2.49. The van der Waals surface area contributed by atoms with Crippen LogP contribution in [0.4, 0.5) is 22.0 Å². The van der Waals surface area contributed by atoms with Gasteiger partial charge in [0.05, 0.1) is 36.5 Å². The van der Waals surface area contributed by atoms with Crippen LogP contribution in [-0.4, -0.2) is 58.9 Å². The first-order valence-electron chi connectivity index (χ1n) is 11.5. The molecule has 208 valence electrons. The zero-order chi connectivity index (χ0) is 28.5. The topological polar surface area (TPSA) is 114 Å². The maximum absolute atomic E-state index is 14.6. The number of halogens is 5. The van der Waals surface area contributed by atoms with E-state index in [1.165, 1.54) is 26.3 Å². The molecule has 0 saturated carbocycles. The molecule has 1 N–H and O–H groups in total. The van der Waals surface area contributed by atoms with Gasteiger partial charge in [0.2, 0.25) is 21.8 Å². The normalized spacial score (nSPS) is 20.1. The lowest BCUT2D eigenvalue weighted by Gasteiger charge is -2.26. The number of sulfonamides is 1. The van der Waals surface area contributed by atoms with Gasteiger partial charge in [-0.3, -0.25) is 9.78 Å². The molecule has 1 amide bonds. The number of methoxy groups -OCH3 is 1. The summed E-state index contributed by atoms with van der Waals surface area (Å²) < 4.78 is 98.8. The number of rotatable bonds is 7. The van der Waals surface area contributed by atoms with Crippen LogP contribution in [0.3, 0.4) is 0 Å². The Morgan fingerprint density at radius 2 is 1.77 bits per heavy atom. The molecule has 15 heteroatoms. The van der Waals surface area contributed by atoms with E-state index in [1.54, 1.807) is 0 Å². The van der Waals surface area contributed by atoms with Crippen molar-refractivity contribution >= 4 is 15.9 Å². The van der Waals surface area contributed by atoms with Gasteiger partial charge in [0.1, 0.15) is 23.8 Å². The van der Waals surface area contributed by atoms with Crippen molar-refractivity contribution in [2.45, 2.75) is 49.2 Å². The number of carbonyl (C=O) groups excluding carboxylic acids is 1. The number of ether oxygens (including phenoxy) is 1. The van der Waals surface area contributed by atoms with E-state index in [0.717, 1.165) is 41.0 Å². The van der Waals surface area contributed by atoms with E-state index < -0.39 is 58.4 Å². The van der Waals surface area contributed by atoms with Crippen LogP contribution < -0.4 is 10.1 Å². The van der Waals surface area contributed by atoms with E-state index in [0.29, 0.717) is 5.56 Å². The zero-order valence-electron chi connectivity index (χ0n) is 20.5. The molecule has 3 heterocycles. The van der Waals surface area contributed by atoms with Gasteiger partial charge in [0.25, 0.3) is 0 Å². The van der Waals surface area contributed by atoms with Gasteiger partial charge in [-0.2, -0.15) is 17.5 Å². The van der Waals surface area contributed by atoms with Gasteiger partial charge < -0.3 is 10.1 Å². The molecule has 0 radical (unpaired) electrons. The van der Waals surface area contributed by atoms with E-state index in [9.17, 15) is 35.2 Å². The molecule has 2 aromatic heterocycles. The molecule has 0 bridgehead atoms. The first-order valence-corrected chi connectivity index (χ1v) is 12.9. The van der Waals surface area contributed by atoms with E-state index >= 15 is 0 Å². The highest BCUT2D eigenvalue weighted by atomic mass is 32.2. The average molecular weight is 572 g/mol. The third-order valence-corrected chi connectivity index (χ3v) is 8.19. The average Bonchev–Trinajstić information content (AvgIpc) is 3.21. The quantitative estimate of drug-likeness (QED) is 0.432. The Morgan fingerprint density at radius 1 is 1.13 bits per heavy atom. The monoisotopic (exact) mass is 571 g/mol. The number of alkyl halides is 4. The van der Waals surface area contributed by atoms with Crippen LogP contribution >= 0.6 is 0 Å². The second-order valence-corrected chi connectivity index (χ2v) is 10.5. The number of carbonyl (C=O) groups is 1. The first kappa shape index (κ1) is 28.3. The predicted molar refractivity (Wildman–Crippen MR) is 127 cm³/mol. The number of aromatic nitrogens is 3. The van der Waals surface area contributed by atoms with E-state index in [2.05, 4.69) is 20.3 Å². The fourth-order valence-electron chi connectivity index (χ4n) is 4.17. The van der Waals surface area contributed by atoms with Crippen molar-refractivity contribution in [1.82, 2.24) is 24.6 Å². The lowest BCUT2D eigenvalue weighted by Crippen LogP contribution is -2.48. The highest BCUT2D eigenvalue weighted by Crippen LogP contribution is 2.34. The van der Waals surface area contributed by atoms with Gasteiger partial charge >= 0.3 is 6.18 Å². The largest absolute Gasteiger partial charge is 0.494 e. The standard InChI is InChI=1S/C24H22F5N5O4S/c1-13-19(26)8-20(34(13)39(36,37)17-5-3-15(25)4-6-17)22(35)31-11-16-7-18(21(38-2)12-30-16)14-9-32-23(33-10-14)24(27,28)29/h3-7,9-10,12-13,19-20H,8,11H2,1-2H3,(H,31,35)/t13-,19+,20-/m0/s1. The van der Waals surface area contributed by atoms with Crippen LogP contribution in [0.5, 0.6) is 5.75 Å². The van der Waals surface area contributed by atoms with Crippen molar-refractivity contribution in [2.24, 2.45) is 0 Å². The van der Waals surface area contributed by atoms with Gasteiger partial charge in [-0.05, 0) is 37.3 Å². The molecule has 39 heavy (non-hydrogen) atoms. The third kappa shape index (κ3) is 5.83. The maximum atomic E-state index is 14.6. The summed E-state index contributed by atoms with van der Waals surface area (Å²) in [4.78, 5) is 23.6. The van der Waals surface area contributed by atoms with Crippen LogP contribution in [0.15, 0.2) is 53.8 Å². The summed E-state index contributed by atoms with van der Waals surface area (Å²) in [5, 5.41) is 2.53. The Labute approximate surface area is 220 Å². The molecule has 0 spiro atoms. The fourth-order valence-corrected chi connectivity index (χ4v) is 5.98. The summed E-state index contributed by atoms with van der Waals surface area (Å²) in [5.41, 5.74) is 0.732. The smallest absolute Gasteiger partial charge is 0.451 e. The fraction of sp³-hybridized carbons (Fsp3) is 0.333. The molecule has 0 aliphatic carbocycles. The van der Waals surface area contributed by atoms with Crippen LogP contribution in [0.2, 0.25) is 0 Å². The SMILES string of the molecule is COc1cnc(CNC(=O)[C@@H]2C[C@@H](F)[C@H](C)N2S(=O)(=O)c2ccc(F)cc2)cc1-c1cnc(C(F)(F)F)nc1. The van der Waals surface area contributed by atoms with Crippen LogP contribution in [0.25, 0.3) is 11.1 Å². The molecule has 1 fully saturated rings. The molecule has 3 atom stereocenters. The van der Waals surface area contributed by atoms with E-state index in [1.807, 2.05) is 0 Å². The molecular weight excluding hydrogens is 549 g/mol. The maximum Gasteiger partial charge on any atom is 0.451 e. The van der Waals surface area contributed by atoms with Crippen LogP contribution in [-0.2, 0) is 27.5 Å². The van der Waals surface area contributed by atoms with Crippen molar-refractivity contribution in [3.8, 4) is 16.9 Å². The summed E-state index contributed by atoms with van der Waals surface area (Å²) in [6.45, 7) is 1.12. The Morgan fingerprint density at radius 3 is 2.36 bits per heavy atom. The molecule has 1 aromatic carbocycles. The molecule has 1 aliphatic heterocycles. The molecular formula is C24H22F5N5O4S. The number of hydrogen-bond acceptors (Lipinski definition) is 7. The number of amides is 1. The molecule has 0 unspecified atom stereocenters. The molecule has 3 aromatic rings. The number of benzene rings is 1. The van der Waals surface area contributed by atoms with Crippen molar-refractivity contribution in [2.75, 3.05) is 7.11 Å². The van der Waals surface area contributed by atoms with Gasteiger partial charge in [-0.15, -0.1) is 0 Å². The lowest BCUT2D eigenvalue weighted by atomic mass is 10.1. The Hall–Kier alpha value is -3.72. The summed E-state index contributed by atoms with van der Waals surface area (Å²) in [7, 11) is -3.01. The van der Waals surface area contributed by atoms with Crippen LogP contribution in [0, 0.1) is 5.82 Å². The van der Waals surface area contributed by atoms with E-state index in [-0.39, 0.29) is 28.4 Å². The Balaban J connectivity index is 1.54. The van der Waals surface area contributed by atoms with Gasteiger partial charge in [0.15, 0.2) is 0 Å². The Kier molecular flexibility index (Phi) is 7.84. The summed E-state index contributed by atoms with van der Waals surface area (Å²) in [5.74, 6) is -2.56. The summed E-state index contributed by atoms with van der Waals surface area (Å²) >= 11 is 0. The Bertz CT molecular complexity index is 1450. The van der Waals surface area contributed by atoms with Crippen molar-refractivity contribution in [3.05, 3.63) is 66.3 Å². The van der Waals surface area contributed by atoms with Gasteiger partial charge in [-0.1, -0.05) is 0 Å². The molecule has 1 saturated heterocycles. The number of nitrogens with one attached hydrogen (secondary N) is 1.